The maximum absolute atomic E-state index is 12.3. The Bertz CT molecular complexity index is 442. The lowest BCUT2D eigenvalue weighted by Gasteiger charge is -2.35. The molecule has 3 heterocycles. The molecule has 0 spiro atoms. The SMILES string of the molecule is CN1C2CCC1CC(C(=O)Cc1ncnn1C)C2. The summed E-state index contributed by atoms with van der Waals surface area (Å²) in [6, 6.07) is 1.24. The van der Waals surface area contributed by atoms with Gasteiger partial charge in [-0.25, -0.2) is 4.98 Å². The van der Waals surface area contributed by atoms with Crippen molar-refractivity contribution in [1.29, 1.82) is 0 Å². The molecule has 0 amide bonds. The number of rotatable bonds is 3. The van der Waals surface area contributed by atoms with Gasteiger partial charge in [0.1, 0.15) is 17.9 Å². The molecule has 18 heavy (non-hydrogen) atoms. The number of Topliss-reactive ketones (excluding diaryl/α,β-unsaturated/α-hetero) is 1. The van der Waals surface area contributed by atoms with E-state index in [0.717, 1.165) is 18.7 Å². The average molecular weight is 248 g/mol. The Morgan fingerprint density at radius 3 is 2.56 bits per heavy atom. The number of aromatic nitrogens is 3. The van der Waals surface area contributed by atoms with Gasteiger partial charge in [0, 0.05) is 25.0 Å². The van der Waals surface area contributed by atoms with Gasteiger partial charge in [-0.2, -0.15) is 5.10 Å². The normalized spacial score (nSPS) is 31.8. The number of hydrogen-bond donors (Lipinski definition) is 0. The summed E-state index contributed by atoms with van der Waals surface area (Å²) >= 11 is 0. The van der Waals surface area contributed by atoms with Crippen LogP contribution in [0, 0.1) is 5.92 Å². The Morgan fingerprint density at radius 2 is 2.00 bits per heavy atom. The third-order valence-corrected chi connectivity index (χ3v) is 4.69. The highest BCUT2D eigenvalue weighted by Gasteiger charge is 2.40. The first kappa shape index (κ1) is 11.8. The Morgan fingerprint density at radius 1 is 1.33 bits per heavy atom. The van der Waals surface area contributed by atoms with Crippen LogP contribution in [0.4, 0.5) is 0 Å². The number of hydrogen-bond acceptors (Lipinski definition) is 4. The number of fused-ring (bicyclic) bond motifs is 2. The van der Waals surface area contributed by atoms with Crippen molar-refractivity contribution >= 4 is 5.78 Å². The van der Waals surface area contributed by atoms with E-state index in [9.17, 15) is 4.79 Å². The summed E-state index contributed by atoms with van der Waals surface area (Å²) in [4.78, 5) is 18.9. The van der Waals surface area contributed by atoms with Crippen molar-refractivity contribution in [3.05, 3.63) is 12.2 Å². The lowest BCUT2D eigenvalue weighted by molar-refractivity contribution is -0.124. The fraction of sp³-hybridized carbons (Fsp3) is 0.769. The summed E-state index contributed by atoms with van der Waals surface area (Å²) in [6.45, 7) is 0. The Hall–Kier alpha value is -1.23. The van der Waals surface area contributed by atoms with E-state index in [0.29, 0.717) is 24.3 Å². The van der Waals surface area contributed by atoms with Crippen LogP contribution in [0.3, 0.4) is 0 Å². The first-order chi connectivity index (χ1) is 8.65. The highest BCUT2D eigenvalue weighted by atomic mass is 16.1. The summed E-state index contributed by atoms with van der Waals surface area (Å²) in [7, 11) is 4.04. The molecule has 98 valence electrons. The minimum absolute atomic E-state index is 0.232. The van der Waals surface area contributed by atoms with Crippen molar-refractivity contribution in [3.63, 3.8) is 0 Å². The maximum atomic E-state index is 12.3. The number of nitrogens with zero attached hydrogens (tertiary/aromatic N) is 4. The molecule has 2 aliphatic rings. The van der Waals surface area contributed by atoms with Crippen molar-refractivity contribution in [3.8, 4) is 0 Å². The third-order valence-electron chi connectivity index (χ3n) is 4.69. The molecule has 0 radical (unpaired) electrons. The van der Waals surface area contributed by atoms with E-state index >= 15 is 0 Å². The Kier molecular flexibility index (Phi) is 2.93. The van der Waals surface area contributed by atoms with E-state index in [4.69, 9.17) is 0 Å². The van der Waals surface area contributed by atoms with E-state index < -0.39 is 0 Å². The monoisotopic (exact) mass is 248 g/mol. The van der Waals surface area contributed by atoms with E-state index in [2.05, 4.69) is 22.0 Å². The van der Waals surface area contributed by atoms with Gasteiger partial charge >= 0.3 is 0 Å². The van der Waals surface area contributed by atoms with Gasteiger partial charge in [-0.3, -0.25) is 9.48 Å². The van der Waals surface area contributed by atoms with Gasteiger partial charge in [0.15, 0.2) is 0 Å². The van der Waals surface area contributed by atoms with Crippen molar-refractivity contribution in [2.75, 3.05) is 7.05 Å². The van der Waals surface area contributed by atoms with Crippen LogP contribution in [0.25, 0.3) is 0 Å². The van der Waals surface area contributed by atoms with Gasteiger partial charge in [-0.15, -0.1) is 0 Å². The van der Waals surface area contributed by atoms with Crippen LogP contribution >= 0.6 is 0 Å². The molecule has 0 aromatic carbocycles. The van der Waals surface area contributed by atoms with Crippen LogP contribution in [0.2, 0.25) is 0 Å². The molecule has 1 aromatic heterocycles. The molecule has 2 bridgehead atoms. The Balaban J connectivity index is 1.66. The number of ketones is 1. The minimum atomic E-state index is 0.232. The van der Waals surface area contributed by atoms with Crippen LogP contribution in [0.15, 0.2) is 6.33 Å². The average Bonchev–Trinajstić information content (AvgIpc) is 2.80. The molecule has 2 fully saturated rings. The van der Waals surface area contributed by atoms with Crippen LogP contribution in [0.5, 0.6) is 0 Å². The quantitative estimate of drug-likeness (QED) is 0.794. The summed E-state index contributed by atoms with van der Waals surface area (Å²) < 4.78 is 1.70. The van der Waals surface area contributed by atoms with Crippen LogP contribution in [0.1, 0.15) is 31.5 Å². The summed E-state index contributed by atoms with van der Waals surface area (Å²) in [6.07, 6.45) is 6.53. The zero-order chi connectivity index (χ0) is 12.7. The van der Waals surface area contributed by atoms with Crippen LogP contribution < -0.4 is 0 Å². The molecule has 2 saturated heterocycles. The fourth-order valence-corrected chi connectivity index (χ4v) is 3.45. The highest BCUT2D eigenvalue weighted by Crippen LogP contribution is 2.37. The van der Waals surface area contributed by atoms with Crippen molar-refractivity contribution in [2.45, 2.75) is 44.2 Å². The predicted molar refractivity (Wildman–Crippen MR) is 67.0 cm³/mol. The highest BCUT2D eigenvalue weighted by molar-refractivity contribution is 5.82. The largest absolute Gasteiger partial charge is 0.300 e. The molecular formula is C13H20N4O. The van der Waals surface area contributed by atoms with Crippen molar-refractivity contribution in [1.82, 2.24) is 19.7 Å². The van der Waals surface area contributed by atoms with Crippen LogP contribution in [-0.4, -0.2) is 44.6 Å². The Labute approximate surface area is 107 Å². The van der Waals surface area contributed by atoms with Gasteiger partial charge < -0.3 is 4.90 Å². The zero-order valence-electron chi connectivity index (χ0n) is 11.0. The molecule has 5 heteroatoms. The molecule has 5 nitrogen and oxygen atoms in total. The second kappa shape index (κ2) is 4.46. The second-order valence-electron chi connectivity index (χ2n) is 5.66. The fourth-order valence-electron chi connectivity index (χ4n) is 3.45. The molecule has 2 aliphatic heterocycles. The summed E-state index contributed by atoms with van der Waals surface area (Å²) in [5, 5.41) is 4.01. The molecule has 3 rings (SSSR count). The van der Waals surface area contributed by atoms with Gasteiger partial charge in [0.25, 0.3) is 0 Å². The molecule has 2 atom stereocenters. The molecule has 0 aliphatic carbocycles. The van der Waals surface area contributed by atoms with Crippen molar-refractivity contribution < 1.29 is 4.79 Å². The summed E-state index contributed by atoms with van der Waals surface area (Å²) in [5.41, 5.74) is 0. The number of carbonyl (C=O) groups is 1. The maximum Gasteiger partial charge on any atom is 0.143 e. The molecule has 2 unspecified atom stereocenters. The van der Waals surface area contributed by atoms with Gasteiger partial charge in [0.05, 0.1) is 6.42 Å². The lowest BCUT2D eigenvalue weighted by atomic mass is 9.86. The van der Waals surface area contributed by atoms with Gasteiger partial charge in [-0.05, 0) is 32.7 Å². The third kappa shape index (κ3) is 1.96. The minimum Gasteiger partial charge on any atom is -0.300 e. The predicted octanol–water partition coefficient (Wildman–Crippen LogP) is 0.799. The zero-order valence-corrected chi connectivity index (χ0v) is 11.0. The summed E-state index contributed by atoms with van der Waals surface area (Å²) in [5.74, 6) is 1.36. The van der Waals surface area contributed by atoms with E-state index in [-0.39, 0.29) is 5.92 Å². The molecule has 0 saturated carbocycles. The number of carbonyl (C=O) groups excluding carboxylic acids is 1. The first-order valence-corrected chi connectivity index (χ1v) is 6.72. The molecule has 0 N–H and O–H groups in total. The second-order valence-corrected chi connectivity index (χ2v) is 5.66. The van der Waals surface area contributed by atoms with Crippen LogP contribution in [-0.2, 0) is 18.3 Å². The van der Waals surface area contributed by atoms with Gasteiger partial charge in [0.2, 0.25) is 0 Å². The van der Waals surface area contributed by atoms with Gasteiger partial charge in [-0.1, -0.05) is 0 Å². The number of aryl methyl sites for hydroxylation is 1. The molecule has 1 aromatic rings. The molecular weight excluding hydrogens is 228 g/mol. The van der Waals surface area contributed by atoms with E-state index in [1.165, 1.54) is 19.2 Å². The van der Waals surface area contributed by atoms with E-state index in [1.54, 1.807) is 4.68 Å². The number of piperidine rings is 1. The first-order valence-electron chi connectivity index (χ1n) is 6.72. The topological polar surface area (TPSA) is 51.0 Å². The lowest BCUT2D eigenvalue weighted by Crippen LogP contribution is -2.42. The van der Waals surface area contributed by atoms with E-state index in [1.807, 2.05) is 7.05 Å². The smallest absolute Gasteiger partial charge is 0.143 e. The van der Waals surface area contributed by atoms with Crippen molar-refractivity contribution in [2.24, 2.45) is 13.0 Å². The standard InChI is InChI=1S/C13H20N4O/c1-16-10-3-4-11(16)6-9(5-10)12(18)7-13-14-8-15-17(13)2/h8-11H,3-7H2,1-2H3.